The molecule has 7 rings (SSSR count). The minimum atomic E-state index is -3.56. The fourth-order valence-electron chi connectivity index (χ4n) is 8.22. The van der Waals surface area contributed by atoms with Gasteiger partial charge in [-0.25, -0.2) is 0 Å². The molecule has 0 radical (unpaired) electrons. The summed E-state index contributed by atoms with van der Waals surface area (Å²) in [5.41, 5.74) is 2.12. The smallest absolute Gasteiger partial charge is 0.264 e. The second-order valence-electron chi connectivity index (χ2n) is 14.3. The molecule has 0 aliphatic carbocycles. The lowest BCUT2D eigenvalue weighted by Crippen LogP contribution is -2.45. The lowest BCUT2D eigenvalue weighted by Gasteiger charge is -2.33. The molecule has 0 saturated carbocycles. The van der Waals surface area contributed by atoms with Crippen LogP contribution in [0.2, 0.25) is 18.6 Å². The van der Waals surface area contributed by atoms with E-state index in [9.17, 15) is 24.3 Å². The van der Waals surface area contributed by atoms with Crippen LogP contribution in [0.1, 0.15) is 42.9 Å². The molecule has 10 nitrogen and oxygen atoms in total. The van der Waals surface area contributed by atoms with Crippen LogP contribution in [0.4, 0.5) is 21.2 Å². The molecule has 4 aliphatic heterocycles. The zero-order valence-corrected chi connectivity index (χ0v) is 29.7. The SMILES string of the molecule is C[C@H]1[C@H]([Si](C)(C)F)[C@@H](CC(=O)N(CCO)Cc2ccccc2)O[C@]12C(=O)N(Cc1ccc(N3CCC3=O)cc1)c1ccc(N3CCC3=O)cc12. The first-order valence-electron chi connectivity index (χ1n) is 17.4. The predicted molar refractivity (Wildman–Crippen MR) is 190 cm³/mol. The summed E-state index contributed by atoms with van der Waals surface area (Å²) >= 11 is 0. The second kappa shape index (κ2) is 13.1. The summed E-state index contributed by atoms with van der Waals surface area (Å²) in [7, 11) is -3.56. The van der Waals surface area contributed by atoms with E-state index in [1.165, 1.54) is 0 Å². The van der Waals surface area contributed by atoms with Gasteiger partial charge in [-0.15, -0.1) is 0 Å². The average Bonchev–Trinajstić information content (AvgIpc) is 3.50. The number of carbonyl (C=O) groups excluding carboxylic acids is 4. The van der Waals surface area contributed by atoms with Crippen molar-refractivity contribution in [2.24, 2.45) is 5.92 Å². The van der Waals surface area contributed by atoms with Gasteiger partial charge in [0.1, 0.15) is 0 Å². The number of fused-ring (bicyclic) bond motifs is 2. The first-order chi connectivity index (χ1) is 23.9. The maximum Gasteiger partial charge on any atom is 0.264 e. The van der Waals surface area contributed by atoms with E-state index in [1.807, 2.05) is 79.7 Å². The molecule has 1 N–H and O–H groups in total. The average molecular weight is 699 g/mol. The molecule has 4 amide bonds. The molecule has 3 fully saturated rings. The van der Waals surface area contributed by atoms with Gasteiger partial charge in [0.2, 0.25) is 26.1 Å². The molecule has 0 aromatic heterocycles. The third kappa shape index (κ3) is 5.82. The quantitative estimate of drug-likeness (QED) is 0.174. The third-order valence-corrected chi connectivity index (χ3v) is 13.3. The number of benzene rings is 3. The van der Waals surface area contributed by atoms with Gasteiger partial charge in [0.05, 0.1) is 31.4 Å². The number of anilines is 3. The fraction of sp³-hybridized carbons (Fsp3) is 0.421. The molecule has 1 spiro atoms. The van der Waals surface area contributed by atoms with Crippen molar-refractivity contribution < 1.29 is 33.1 Å². The lowest BCUT2D eigenvalue weighted by atomic mass is 9.82. The molecule has 4 aliphatic rings. The van der Waals surface area contributed by atoms with E-state index in [0.717, 1.165) is 16.8 Å². The molecule has 4 atom stereocenters. The maximum atomic E-state index is 16.5. The van der Waals surface area contributed by atoms with Crippen LogP contribution in [-0.4, -0.2) is 74.4 Å². The van der Waals surface area contributed by atoms with Gasteiger partial charge in [-0.3, -0.25) is 19.2 Å². The van der Waals surface area contributed by atoms with Gasteiger partial charge in [-0.1, -0.05) is 49.4 Å². The van der Waals surface area contributed by atoms with Crippen LogP contribution in [0.15, 0.2) is 72.8 Å². The number of aliphatic hydroxyl groups excluding tert-OH is 1. The van der Waals surface area contributed by atoms with Crippen LogP contribution in [-0.2, 0) is 42.6 Å². The Balaban J connectivity index is 1.24. The molecular weight excluding hydrogens is 656 g/mol. The number of aliphatic hydroxyl groups is 1. The highest BCUT2D eigenvalue weighted by molar-refractivity contribution is 6.72. The van der Waals surface area contributed by atoms with Crippen molar-refractivity contribution in [1.82, 2.24) is 4.90 Å². The Morgan fingerprint density at radius 2 is 1.58 bits per heavy atom. The standard InChI is InChI=1S/C38H43FN4O6Si/c1-25-36(50(2,3)39)32(22-35(47)40(19-20-44)23-26-7-5-4-6-8-26)49-38(25)30-21-29(42-18-16-34(42)46)13-14-31(30)43(37(38)48)24-27-9-11-28(12-10-27)41-17-15-33(41)45/h4-14,21,25,32,36,44H,15-20,22-24H2,1-3H3/t25-,32+,36-,38+/m0/s1. The second-order valence-corrected chi connectivity index (χ2v) is 18.1. The Labute approximate surface area is 292 Å². The normalized spacial score (nSPS) is 24.5. The number of rotatable bonds is 11. The Morgan fingerprint density at radius 3 is 2.16 bits per heavy atom. The fourth-order valence-corrected chi connectivity index (χ4v) is 10.7. The maximum absolute atomic E-state index is 16.5. The third-order valence-electron chi connectivity index (χ3n) is 10.9. The van der Waals surface area contributed by atoms with Crippen molar-refractivity contribution in [3.63, 3.8) is 0 Å². The Morgan fingerprint density at radius 1 is 0.940 bits per heavy atom. The number of hydrogen-bond donors (Lipinski definition) is 1. The predicted octanol–water partition coefficient (Wildman–Crippen LogP) is 4.89. The van der Waals surface area contributed by atoms with Crippen LogP contribution < -0.4 is 14.7 Å². The molecule has 12 heteroatoms. The van der Waals surface area contributed by atoms with Crippen molar-refractivity contribution in [1.29, 1.82) is 0 Å². The van der Waals surface area contributed by atoms with Crippen molar-refractivity contribution >= 4 is 49.1 Å². The van der Waals surface area contributed by atoms with Crippen LogP contribution in [0.25, 0.3) is 0 Å². The molecule has 0 unspecified atom stereocenters. The summed E-state index contributed by atoms with van der Waals surface area (Å²) in [4.78, 5) is 59.9. The Bertz CT molecular complexity index is 1820. The summed E-state index contributed by atoms with van der Waals surface area (Å²) in [5, 5.41) is 9.82. The molecule has 3 aromatic carbocycles. The van der Waals surface area contributed by atoms with Crippen LogP contribution in [0, 0.1) is 5.92 Å². The molecule has 50 heavy (non-hydrogen) atoms. The lowest BCUT2D eigenvalue weighted by molar-refractivity contribution is -0.150. The van der Waals surface area contributed by atoms with Crippen molar-refractivity contribution in [3.8, 4) is 0 Å². The van der Waals surface area contributed by atoms with E-state index in [-0.39, 0.29) is 56.3 Å². The highest BCUT2D eigenvalue weighted by atomic mass is 28.4. The van der Waals surface area contributed by atoms with Crippen molar-refractivity contribution in [2.45, 2.75) is 69.6 Å². The van der Waals surface area contributed by atoms with Crippen molar-refractivity contribution in [2.75, 3.05) is 40.9 Å². The highest BCUT2D eigenvalue weighted by Crippen LogP contribution is 2.61. The first-order valence-corrected chi connectivity index (χ1v) is 20.3. The summed E-state index contributed by atoms with van der Waals surface area (Å²) < 4.78 is 23.4. The van der Waals surface area contributed by atoms with Crippen LogP contribution in [0.5, 0.6) is 0 Å². The van der Waals surface area contributed by atoms with Crippen LogP contribution >= 0.6 is 0 Å². The van der Waals surface area contributed by atoms with E-state index in [2.05, 4.69) is 0 Å². The van der Waals surface area contributed by atoms with Gasteiger partial charge < -0.3 is 33.6 Å². The summed E-state index contributed by atoms with van der Waals surface area (Å²) in [6.45, 7) is 6.66. The van der Waals surface area contributed by atoms with E-state index < -0.39 is 31.6 Å². The van der Waals surface area contributed by atoms with Gasteiger partial charge in [-0.05, 0) is 54.6 Å². The number of hydrogen-bond acceptors (Lipinski definition) is 6. The van der Waals surface area contributed by atoms with E-state index >= 15 is 4.11 Å². The van der Waals surface area contributed by atoms with Crippen molar-refractivity contribution in [3.05, 3.63) is 89.5 Å². The van der Waals surface area contributed by atoms with E-state index in [1.54, 1.807) is 32.7 Å². The van der Waals surface area contributed by atoms with Crippen LogP contribution in [0.3, 0.4) is 0 Å². The minimum absolute atomic E-state index is 0.0117. The van der Waals surface area contributed by atoms with Gasteiger partial charge in [0.25, 0.3) is 5.91 Å². The number of halogens is 1. The molecule has 3 aromatic rings. The molecular formula is C38H43FN4O6Si. The highest BCUT2D eigenvalue weighted by Gasteiger charge is 2.67. The zero-order valence-electron chi connectivity index (χ0n) is 28.7. The molecule has 262 valence electrons. The van der Waals surface area contributed by atoms with Gasteiger partial charge in [0.15, 0.2) is 5.60 Å². The summed E-state index contributed by atoms with van der Waals surface area (Å²) in [6.07, 6.45) is -0.0564. The molecule has 4 heterocycles. The Kier molecular flexibility index (Phi) is 8.90. The topological polar surface area (TPSA) is 111 Å². The first kappa shape index (κ1) is 34.1. The molecule has 0 bridgehead atoms. The minimum Gasteiger partial charge on any atom is -0.395 e. The van der Waals surface area contributed by atoms with E-state index in [4.69, 9.17) is 4.74 Å². The number of amides is 4. The van der Waals surface area contributed by atoms with Gasteiger partial charge in [-0.2, -0.15) is 0 Å². The number of carbonyl (C=O) groups is 4. The summed E-state index contributed by atoms with van der Waals surface area (Å²) in [5.74, 6) is -1.17. The van der Waals surface area contributed by atoms with Gasteiger partial charge in [0, 0.05) is 67.4 Å². The number of nitrogens with zero attached hydrogens (tertiary/aromatic N) is 4. The number of β-lactam (4-membered cyclic amide) rings is 2. The van der Waals surface area contributed by atoms with Gasteiger partial charge >= 0.3 is 0 Å². The van der Waals surface area contributed by atoms with E-state index in [0.29, 0.717) is 42.9 Å². The Hall–Kier alpha value is -4.39. The monoisotopic (exact) mass is 698 g/mol. The molecule has 3 saturated heterocycles. The number of ether oxygens (including phenoxy) is 1. The zero-order chi connectivity index (χ0) is 35.4. The largest absolute Gasteiger partial charge is 0.395 e. The summed E-state index contributed by atoms with van der Waals surface area (Å²) in [6, 6.07) is 22.5.